The Bertz CT molecular complexity index is 2660. The molecule has 1 aromatic carbocycles. The van der Waals surface area contributed by atoms with Gasteiger partial charge < -0.3 is 28.5 Å². The Kier molecular flexibility index (Phi) is 25.9. The van der Waals surface area contributed by atoms with E-state index in [1.807, 2.05) is 26.0 Å². The number of aromatic nitrogens is 4. The normalized spacial score (nSPS) is 20.1. The van der Waals surface area contributed by atoms with Crippen molar-refractivity contribution in [2.75, 3.05) is 26.4 Å². The molecule has 7 atom stereocenters. The largest absolute Gasteiger partial charge is 0.493 e. The van der Waals surface area contributed by atoms with E-state index in [0.717, 1.165) is 39.8 Å². The molecule has 3 aromatic rings. The smallest absolute Gasteiger partial charge is 0.475 e. The van der Waals surface area contributed by atoms with Gasteiger partial charge in [-0.15, -0.1) is 0 Å². The van der Waals surface area contributed by atoms with Crippen LogP contribution in [0.15, 0.2) is 43.7 Å². The van der Waals surface area contributed by atoms with Gasteiger partial charge in [0.1, 0.15) is 43.6 Å². The van der Waals surface area contributed by atoms with E-state index < -0.39 is 85.7 Å². The van der Waals surface area contributed by atoms with Crippen LogP contribution < -0.4 is 27.2 Å². The van der Waals surface area contributed by atoms with Gasteiger partial charge in [-0.1, -0.05) is 116 Å². The Balaban J connectivity index is 1.11. The Morgan fingerprint density at radius 2 is 1.21 bits per heavy atom. The van der Waals surface area contributed by atoms with Crippen LogP contribution in [-0.4, -0.2) is 81.8 Å². The number of carbonyl (C=O) groups excluding carboxylic acids is 2. The first-order chi connectivity index (χ1) is 36.5. The van der Waals surface area contributed by atoms with Gasteiger partial charge in [0.05, 0.1) is 38.3 Å². The molecule has 76 heavy (non-hydrogen) atoms. The second-order valence-electron chi connectivity index (χ2n) is 20.1. The van der Waals surface area contributed by atoms with Crippen molar-refractivity contribution in [3.8, 4) is 5.75 Å². The van der Waals surface area contributed by atoms with E-state index in [2.05, 4.69) is 21.7 Å². The summed E-state index contributed by atoms with van der Waals surface area (Å²) < 4.78 is 64.0. The van der Waals surface area contributed by atoms with Gasteiger partial charge in [-0.25, -0.2) is 20.7 Å². The summed E-state index contributed by atoms with van der Waals surface area (Å²) in [6.45, 7) is 17.7. The van der Waals surface area contributed by atoms with Gasteiger partial charge in [0.15, 0.2) is 0 Å². The van der Waals surface area contributed by atoms with Gasteiger partial charge in [-0.3, -0.25) is 51.9 Å². The maximum Gasteiger partial charge on any atom is 0.475 e. The van der Waals surface area contributed by atoms with Crippen molar-refractivity contribution in [3.05, 3.63) is 105 Å². The molecule has 0 bridgehead atoms. The third-order valence-electron chi connectivity index (χ3n) is 13.9. The minimum Gasteiger partial charge on any atom is -0.493 e. The topological polar surface area (TPSA) is 239 Å². The van der Waals surface area contributed by atoms with Crippen LogP contribution in [0.25, 0.3) is 4.85 Å². The molecule has 0 radical (unpaired) electrons. The van der Waals surface area contributed by atoms with E-state index in [1.165, 1.54) is 121 Å². The number of esters is 2. The highest BCUT2D eigenvalue weighted by molar-refractivity contribution is 7.48. The summed E-state index contributed by atoms with van der Waals surface area (Å²) in [6, 6.07) is 3.81. The van der Waals surface area contributed by atoms with E-state index >= 15 is 0 Å². The van der Waals surface area contributed by atoms with Crippen molar-refractivity contribution in [2.45, 2.75) is 220 Å². The summed E-state index contributed by atoms with van der Waals surface area (Å²) in [4.78, 5) is 84.0. The van der Waals surface area contributed by atoms with Crippen LogP contribution in [0, 0.1) is 34.3 Å². The molecule has 0 spiro atoms. The van der Waals surface area contributed by atoms with Gasteiger partial charge >= 0.3 is 31.1 Å². The summed E-state index contributed by atoms with van der Waals surface area (Å²) in [5, 5.41) is 0. The third-order valence-corrected chi connectivity index (χ3v) is 15.4. The fourth-order valence-electron chi connectivity index (χ4n) is 9.35. The average Bonchev–Trinajstić information content (AvgIpc) is 3.99. The maximum atomic E-state index is 14.4. The minimum atomic E-state index is -4.59. The van der Waals surface area contributed by atoms with Crippen molar-refractivity contribution < 1.29 is 51.4 Å². The summed E-state index contributed by atoms with van der Waals surface area (Å²) in [7, 11) is -4.59. The highest BCUT2D eigenvalue weighted by Gasteiger charge is 2.45. The van der Waals surface area contributed by atoms with Crippen LogP contribution in [0.1, 0.15) is 189 Å². The Morgan fingerprint density at radius 3 is 1.76 bits per heavy atom. The van der Waals surface area contributed by atoms with Crippen molar-refractivity contribution >= 4 is 19.8 Å². The molecule has 2 fully saturated rings. The first kappa shape index (κ1) is 61.7. The monoisotopic (exact) mass is 1080 g/mol. The maximum absolute atomic E-state index is 14.4. The SMILES string of the molecule is [C-]#[N+]CCOP(=O)(OC[C@H]1O[C@@H](n2cc(C)c(=O)[nH]c2=O)CC1OC(=O)CCC(=O)OCc1cc(C)c(C)c(OCCCCCCCCCCCCCCCCCC)c1)OC1C[C@H](n2cc(C)c(=O)[nH]c2=O)O[C@@H]1CC. The number of phosphoric ester groups is 1. The van der Waals surface area contributed by atoms with E-state index in [9.17, 15) is 33.3 Å². The molecular formula is C55H82N5O15P. The lowest BCUT2D eigenvalue weighted by molar-refractivity contribution is -0.156. The van der Waals surface area contributed by atoms with Gasteiger partial charge in [0.2, 0.25) is 6.54 Å². The van der Waals surface area contributed by atoms with Crippen LogP contribution in [0.5, 0.6) is 5.75 Å². The van der Waals surface area contributed by atoms with Crippen LogP contribution in [0.3, 0.4) is 0 Å². The molecule has 2 aliphatic rings. The molecule has 2 N–H and O–H groups in total. The van der Waals surface area contributed by atoms with Crippen molar-refractivity contribution in [2.24, 2.45) is 0 Å². The van der Waals surface area contributed by atoms with Crippen LogP contribution in [0.2, 0.25) is 0 Å². The van der Waals surface area contributed by atoms with Crippen molar-refractivity contribution in [3.63, 3.8) is 0 Å². The van der Waals surface area contributed by atoms with E-state index in [4.69, 9.17) is 43.8 Å². The van der Waals surface area contributed by atoms with E-state index in [0.29, 0.717) is 13.0 Å². The number of rotatable bonds is 35. The number of nitrogens with zero attached hydrogens (tertiary/aromatic N) is 3. The summed E-state index contributed by atoms with van der Waals surface area (Å²) >= 11 is 0. The quantitative estimate of drug-likeness (QED) is 0.0241. The molecule has 2 aliphatic heterocycles. The summed E-state index contributed by atoms with van der Waals surface area (Å²) in [6.07, 6.45) is 17.0. The molecule has 3 unspecified atom stereocenters. The van der Waals surface area contributed by atoms with Crippen molar-refractivity contribution in [1.82, 2.24) is 19.1 Å². The number of benzene rings is 1. The zero-order valence-corrected chi connectivity index (χ0v) is 46.5. The molecule has 0 saturated carbocycles. The van der Waals surface area contributed by atoms with Gasteiger partial charge in [-0.05, 0) is 63.3 Å². The number of carbonyl (C=O) groups is 2. The lowest BCUT2D eigenvalue weighted by Gasteiger charge is -2.25. The molecule has 21 heteroatoms. The second-order valence-corrected chi connectivity index (χ2v) is 21.7. The number of nitrogens with one attached hydrogen (secondary N) is 2. The molecule has 2 aromatic heterocycles. The lowest BCUT2D eigenvalue weighted by atomic mass is 10.0. The number of unbranched alkanes of at least 4 members (excludes halogenated alkanes) is 15. The Morgan fingerprint density at radius 1 is 0.684 bits per heavy atom. The first-order valence-electron chi connectivity index (χ1n) is 27.5. The zero-order valence-electron chi connectivity index (χ0n) is 45.6. The first-order valence-corrected chi connectivity index (χ1v) is 28.9. The van der Waals surface area contributed by atoms with E-state index in [-0.39, 0.29) is 56.6 Å². The highest BCUT2D eigenvalue weighted by atomic mass is 31.2. The molecule has 422 valence electrons. The average molecular weight is 1080 g/mol. The van der Waals surface area contributed by atoms with E-state index in [1.54, 1.807) is 6.92 Å². The van der Waals surface area contributed by atoms with Crippen LogP contribution >= 0.6 is 7.82 Å². The number of H-pyrrole nitrogens is 2. The lowest BCUT2D eigenvalue weighted by Crippen LogP contribution is -2.33. The molecule has 0 amide bonds. The molecule has 2 saturated heterocycles. The van der Waals surface area contributed by atoms with Gasteiger partial charge in [0, 0.05) is 36.4 Å². The number of aryl methyl sites for hydroxylation is 3. The molecule has 5 rings (SSSR count). The number of hydrogen-bond acceptors (Lipinski definition) is 15. The highest BCUT2D eigenvalue weighted by Crippen LogP contribution is 2.54. The fourth-order valence-corrected chi connectivity index (χ4v) is 10.7. The predicted molar refractivity (Wildman–Crippen MR) is 285 cm³/mol. The third kappa shape index (κ3) is 19.7. The molecule has 20 nitrogen and oxygen atoms in total. The summed E-state index contributed by atoms with van der Waals surface area (Å²) in [5.41, 5.74) is 0.583. The minimum absolute atomic E-state index is 0.00231. The fraction of sp³-hybridized carbons (Fsp3) is 0.691. The molecule has 0 aliphatic carbocycles. The number of phosphoric acid groups is 1. The predicted octanol–water partition coefficient (Wildman–Crippen LogP) is 9.83. The van der Waals surface area contributed by atoms with Gasteiger partial charge in [-0.2, -0.15) is 0 Å². The second kappa shape index (κ2) is 31.9. The molecule has 4 heterocycles. The molecular weight excluding hydrogens is 1000 g/mol. The Hall–Kier alpha value is -5.16. The number of hydrogen-bond donors (Lipinski definition) is 2. The number of aromatic amines is 2. The van der Waals surface area contributed by atoms with Crippen LogP contribution in [-0.2, 0) is 53.3 Å². The zero-order chi connectivity index (χ0) is 55.0. The van der Waals surface area contributed by atoms with Crippen LogP contribution in [0.4, 0.5) is 0 Å². The summed E-state index contributed by atoms with van der Waals surface area (Å²) in [5.74, 6) is -0.691. The Labute approximate surface area is 446 Å². The standard InChI is InChI=1S/C55H82N5O15P/c1-8-10-11-12-13-14-15-16-17-18-19-20-21-22-23-24-28-68-44-31-42(30-38(3)41(44)6)36-69-50(61)25-26-51(62)74-45-32-48(59-34-39(4)52(63)57-54(59)65)73-47(45)37-71-76(67,70-29-27-56-7)75-46-33-49(72-43(46)9-2)60-35-40(5)53(64)58-55(60)66/h30-31,34-35,43,45-49H,8-29,32-33,36-37H2,1-6H3,(H,57,63,65)(H,58,64,66)/t43-,45?,46?,47-,48-,49-,76?/m1/s1. The van der Waals surface area contributed by atoms with Crippen molar-refractivity contribution in [1.29, 1.82) is 0 Å². The number of ether oxygens (including phenoxy) is 5. The van der Waals surface area contributed by atoms with Gasteiger partial charge in [0.25, 0.3) is 11.1 Å².